The predicted molar refractivity (Wildman–Crippen MR) is 79.6 cm³/mol. The maximum Gasteiger partial charge on any atom is 0.117 e. The van der Waals surface area contributed by atoms with E-state index in [4.69, 9.17) is 0 Å². The van der Waals surface area contributed by atoms with Crippen LogP contribution in [0.3, 0.4) is 0 Å². The van der Waals surface area contributed by atoms with Crippen LogP contribution >= 0.6 is 0 Å². The van der Waals surface area contributed by atoms with Crippen molar-refractivity contribution in [2.24, 2.45) is 0 Å². The fraction of sp³-hybridized carbons (Fsp3) is 0.500. The second kappa shape index (κ2) is 4.81. The van der Waals surface area contributed by atoms with E-state index in [0.717, 1.165) is 12.8 Å². The summed E-state index contributed by atoms with van der Waals surface area (Å²) in [6, 6.07) is 2.69. The van der Waals surface area contributed by atoms with Gasteiger partial charge in [0.1, 0.15) is 8.07 Å². The lowest BCUT2D eigenvalue weighted by Gasteiger charge is -2.34. The highest BCUT2D eigenvalue weighted by atomic mass is 28.3. The van der Waals surface area contributed by atoms with Crippen molar-refractivity contribution >= 4 is 8.07 Å². The molecule has 0 aromatic rings. The normalized spacial score (nSPS) is 20.0. The van der Waals surface area contributed by atoms with Crippen LogP contribution in [0, 0.1) is 0 Å². The number of allylic oxidation sites excluding steroid dienone is 8. The Balaban J connectivity index is 2.47. The molecule has 0 fully saturated rings. The zero-order valence-corrected chi connectivity index (χ0v) is 12.6. The van der Waals surface area contributed by atoms with Crippen LogP contribution in [-0.4, -0.2) is 8.07 Å². The topological polar surface area (TPSA) is 0 Å². The molecular weight excluding hydrogens is 220 g/mol. The van der Waals surface area contributed by atoms with Gasteiger partial charge in [-0.1, -0.05) is 71.8 Å². The summed E-state index contributed by atoms with van der Waals surface area (Å²) >= 11 is 0. The summed E-state index contributed by atoms with van der Waals surface area (Å²) in [5.41, 5.74) is 3.11. The average Bonchev–Trinajstić information content (AvgIpc) is 2.93. The summed E-state index contributed by atoms with van der Waals surface area (Å²) in [7, 11) is -1.42. The highest BCUT2D eigenvalue weighted by molar-refractivity contribution is 6.94. The van der Waals surface area contributed by atoms with Gasteiger partial charge in [0.2, 0.25) is 0 Å². The van der Waals surface area contributed by atoms with Crippen LogP contribution < -0.4 is 0 Å². The molecule has 0 radical (unpaired) electrons. The molecule has 2 aliphatic rings. The highest BCUT2D eigenvalue weighted by Gasteiger charge is 2.39. The SMILES string of the molecule is CC[Si](CC)(C1=CCC=C1C)C1=CCC=C1C. The lowest BCUT2D eigenvalue weighted by Crippen LogP contribution is -2.38. The van der Waals surface area contributed by atoms with Gasteiger partial charge >= 0.3 is 0 Å². The van der Waals surface area contributed by atoms with Crippen LogP contribution in [0.2, 0.25) is 12.1 Å². The van der Waals surface area contributed by atoms with Gasteiger partial charge in [-0.3, -0.25) is 0 Å². The van der Waals surface area contributed by atoms with E-state index in [1.54, 1.807) is 21.5 Å². The minimum atomic E-state index is -1.42. The molecule has 0 unspecified atom stereocenters. The second-order valence-electron chi connectivity index (χ2n) is 5.27. The molecule has 17 heavy (non-hydrogen) atoms. The van der Waals surface area contributed by atoms with Crippen molar-refractivity contribution in [3.05, 3.63) is 45.8 Å². The Morgan fingerprint density at radius 3 is 1.47 bits per heavy atom. The van der Waals surface area contributed by atoms with Crippen molar-refractivity contribution in [3.63, 3.8) is 0 Å². The fourth-order valence-corrected chi connectivity index (χ4v) is 8.60. The fourth-order valence-electron chi connectivity index (χ4n) is 3.55. The van der Waals surface area contributed by atoms with Gasteiger partial charge in [-0.05, 0) is 26.7 Å². The summed E-state index contributed by atoms with van der Waals surface area (Å²) in [6.07, 6.45) is 12.1. The summed E-state index contributed by atoms with van der Waals surface area (Å²) in [4.78, 5) is 0. The van der Waals surface area contributed by atoms with E-state index in [-0.39, 0.29) is 0 Å². The van der Waals surface area contributed by atoms with E-state index in [2.05, 4.69) is 52.0 Å². The molecule has 0 aromatic heterocycles. The van der Waals surface area contributed by atoms with Crippen molar-refractivity contribution in [1.29, 1.82) is 0 Å². The smallest absolute Gasteiger partial charge is 0.0808 e. The molecule has 0 bridgehead atoms. The number of hydrogen-bond acceptors (Lipinski definition) is 0. The molecule has 0 saturated carbocycles. The first kappa shape index (κ1) is 12.6. The number of hydrogen-bond donors (Lipinski definition) is 0. The maximum absolute atomic E-state index is 2.50. The Bertz CT molecular complexity index is 390. The second-order valence-corrected chi connectivity index (χ2v) is 9.93. The molecule has 2 rings (SSSR count). The van der Waals surface area contributed by atoms with Crippen LogP contribution in [-0.2, 0) is 0 Å². The van der Waals surface area contributed by atoms with E-state index in [0.29, 0.717) is 0 Å². The first-order valence-electron chi connectivity index (χ1n) is 6.91. The van der Waals surface area contributed by atoms with Crippen LogP contribution in [0.4, 0.5) is 0 Å². The van der Waals surface area contributed by atoms with Gasteiger partial charge in [0.25, 0.3) is 0 Å². The minimum Gasteiger partial charge on any atom is -0.0808 e. The Hall–Kier alpha value is -0.823. The lowest BCUT2D eigenvalue weighted by molar-refractivity contribution is 1.23. The molecule has 0 amide bonds. The first-order valence-corrected chi connectivity index (χ1v) is 9.32. The predicted octanol–water partition coefficient (Wildman–Crippen LogP) is 5.11. The molecule has 0 heterocycles. The van der Waals surface area contributed by atoms with Crippen molar-refractivity contribution in [1.82, 2.24) is 0 Å². The highest BCUT2D eigenvalue weighted by Crippen LogP contribution is 2.42. The average molecular weight is 244 g/mol. The van der Waals surface area contributed by atoms with Crippen molar-refractivity contribution in [3.8, 4) is 0 Å². The van der Waals surface area contributed by atoms with Crippen molar-refractivity contribution < 1.29 is 0 Å². The molecule has 0 N–H and O–H groups in total. The Kier molecular flexibility index (Phi) is 3.57. The maximum atomic E-state index is 2.50. The van der Waals surface area contributed by atoms with Gasteiger partial charge in [-0.25, -0.2) is 0 Å². The van der Waals surface area contributed by atoms with Crippen molar-refractivity contribution in [2.75, 3.05) is 0 Å². The first-order chi connectivity index (χ1) is 8.15. The van der Waals surface area contributed by atoms with Crippen LogP contribution in [0.5, 0.6) is 0 Å². The molecule has 0 aliphatic heterocycles. The molecule has 0 spiro atoms. The monoisotopic (exact) mass is 244 g/mol. The van der Waals surface area contributed by atoms with Crippen LogP contribution in [0.1, 0.15) is 40.5 Å². The minimum absolute atomic E-state index is 1.16. The molecule has 0 saturated heterocycles. The van der Waals surface area contributed by atoms with E-state index >= 15 is 0 Å². The Morgan fingerprint density at radius 2 is 1.24 bits per heavy atom. The van der Waals surface area contributed by atoms with Gasteiger partial charge in [0.05, 0.1) is 0 Å². The Labute approximate surface area is 107 Å². The third-order valence-electron chi connectivity index (χ3n) is 4.58. The lowest BCUT2D eigenvalue weighted by atomic mass is 10.3. The summed E-state index contributed by atoms with van der Waals surface area (Å²) < 4.78 is 0. The van der Waals surface area contributed by atoms with E-state index in [9.17, 15) is 0 Å². The summed E-state index contributed by atoms with van der Waals surface area (Å²) in [5, 5.41) is 3.45. The van der Waals surface area contributed by atoms with Crippen molar-refractivity contribution in [2.45, 2.75) is 52.6 Å². The largest absolute Gasteiger partial charge is 0.117 e. The number of rotatable bonds is 4. The quantitative estimate of drug-likeness (QED) is 0.603. The van der Waals surface area contributed by atoms with Gasteiger partial charge in [-0.2, -0.15) is 0 Å². The molecule has 92 valence electrons. The molecular formula is C16H24Si. The van der Waals surface area contributed by atoms with Gasteiger partial charge in [-0.15, -0.1) is 0 Å². The van der Waals surface area contributed by atoms with E-state index in [1.165, 1.54) is 12.1 Å². The standard InChI is InChI=1S/C16H24Si/c1-5-17(6-2,15-11-7-9-13(15)3)16-12-8-10-14(16)4/h9-12H,5-8H2,1-4H3. The molecule has 1 heteroatoms. The van der Waals surface area contributed by atoms with Crippen LogP contribution in [0.15, 0.2) is 45.8 Å². The molecule has 0 aromatic carbocycles. The van der Waals surface area contributed by atoms with Gasteiger partial charge in [0.15, 0.2) is 0 Å². The van der Waals surface area contributed by atoms with Crippen LogP contribution in [0.25, 0.3) is 0 Å². The third kappa shape index (κ3) is 1.91. The molecule has 0 atom stereocenters. The van der Waals surface area contributed by atoms with Gasteiger partial charge < -0.3 is 0 Å². The molecule has 2 aliphatic carbocycles. The van der Waals surface area contributed by atoms with Gasteiger partial charge in [0, 0.05) is 0 Å². The zero-order chi connectivity index (χ0) is 12.5. The zero-order valence-electron chi connectivity index (χ0n) is 11.6. The van der Waals surface area contributed by atoms with E-state index in [1.807, 2.05) is 0 Å². The summed E-state index contributed by atoms with van der Waals surface area (Å²) in [5.74, 6) is 0. The Morgan fingerprint density at radius 1 is 0.824 bits per heavy atom. The molecule has 0 nitrogen and oxygen atoms in total. The summed E-state index contributed by atoms with van der Waals surface area (Å²) in [6.45, 7) is 9.41. The van der Waals surface area contributed by atoms with E-state index < -0.39 is 8.07 Å². The third-order valence-corrected chi connectivity index (χ3v) is 10.3.